The van der Waals surface area contributed by atoms with Gasteiger partial charge in [0.2, 0.25) is 0 Å². The predicted octanol–water partition coefficient (Wildman–Crippen LogP) is 1.32. The van der Waals surface area contributed by atoms with E-state index in [4.69, 9.17) is 5.73 Å². The summed E-state index contributed by atoms with van der Waals surface area (Å²) in [4.78, 5) is 0. The molecule has 1 N–H and O–H groups in total. The van der Waals surface area contributed by atoms with Crippen molar-refractivity contribution in [2.45, 2.75) is 19.8 Å². The Hall–Kier alpha value is -0.0400. The Morgan fingerprint density at radius 1 is 1.71 bits per heavy atom. The summed E-state index contributed by atoms with van der Waals surface area (Å²) in [6, 6.07) is 0. The van der Waals surface area contributed by atoms with Crippen molar-refractivity contribution in [1.29, 1.82) is 0 Å². The Kier molecular flexibility index (Phi) is 1.33. The van der Waals surface area contributed by atoms with Crippen LogP contribution in [0.15, 0.2) is 0 Å². The van der Waals surface area contributed by atoms with E-state index in [0.717, 1.165) is 5.92 Å². The second-order valence-electron chi connectivity index (χ2n) is 2.52. The van der Waals surface area contributed by atoms with Crippen molar-refractivity contribution in [3.8, 4) is 0 Å². The van der Waals surface area contributed by atoms with Gasteiger partial charge in [0.15, 0.2) is 0 Å². The lowest BCUT2D eigenvalue weighted by molar-refractivity contribution is 0.515. The molecule has 0 aromatic carbocycles. The molecule has 1 aliphatic rings. The van der Waals surface area contributed by atoms with Crippen LogP contribution in [0.3, 0.4) is 0 Å². The summed E-state index contributed by atoms with van der Waals surface area (Å²) in [5, 5.41) is 0. The van der Waals surface area contributed by atoms with Crippen LogP contribution in [0.2, 0.25) is 0 Å². The van der Waals surface area contributed by atoms with Gasteiger partial charge in [-0.3, -0.25) is 5.73 Å². The molecule has 1 saturated carbocycles. The van der Waals surface area contributed by atoms with Gasteiger partial charge in [-0.2, -0.15) is 0 Å². The summed E-state index contributed by atoms with van der Waals surface area (Å²) in [5.74, 6) is 1.61. The van der Waals surface area contributed by atoms with Gasteiger partial charge in [-0.1, -0.05) is 6.92 Å². The SMILES string of the molecule is CC(C[NH])C1CC1. The van der Waals surface area contributed by atoms with Crippen LogP contribution in [0.5, 0.6) is 0 Å². The van der Waals surface area contributed by atoms with Crippen molar-refractivity contribution in [3.05, 3.63) is 0 Å². The molecule has 0 aliphatic heterocycles. The minimum atomic E-state index is 0.630. The molecular formula is C6H12N. The molecule has 0 bridgehead atoms. The number of hydrogen-bond donors (Lipinski definition) is 0. The summed E-state index contributed by atoms with van der Waals surface area (Å²) < 4.78 is 0. The van der Waals surface area contributed by atoms with Crippen molar-refractivity contribution >= 4 is 0 Å². The van der Waals surface area contributed by atoms with Gasteiger partial charge in [-0.15, -0.1) is 0 Å². The summed E-state index contributed by atoms with van der Waals surface area (Å²) in [7, 11) is 0. The van der Waals surface area contributed by atoms with Gasteiger partial charge in [0.05, 0.1) is 0 Å². The maximum Gasteiger partial charge on any atom is 0.0128 e. The zero-order chi connectivity index (χ0) is 5.28. The standard InChI is InChI=1S/C6H12N/c1-5(4-7)6-2-3-6/h5-7H,2-4H2,1H3. The minimum Gasteiger partial charge on any atom is -0.258 e. The Bertz CT molecular complexity index is 57.2. The van der Waals surface area contributed by atoms with E-state index in [1.54, 1.807) is 0 Å². The van der Waals surface area contributed by atoms with Crippen molar-refractivity contribution in [3.63, 3.8) is 0 Å². The third-order valence-corrected chi connectivity index (χ3v) is 1.75. The molecular weight excluding hydrogens is 86.1 g/mol. The largest absolute Gasteiger partial charge is 0.258 e. The smallest absolute Gasteiger partial charge is 0.0128 e. The quantitative estimate of drug-likeness (QED) is 0.497. The lowest BCUT2D eigenvalue weighted by atomic mass is 10.1. The summed E-state index contributed by atoms with van der Waals surface area (Å²) in [6.45, 7) is 2.80. The molecule has 1 aliphatic carbocycles. The van der Waals surface area contributed by atoms with E-state index in [0.29, 0.717) is 12.5 Å². The van der Waals surface area contributed by atoms with Crippen LogP contribution in [0.25, 0.3) is 0 Å². The normalized spacial score (nSPS) is 24.9. The molecule has 1 rings (SSSR count). The first kappa shape index (κ1) is 5.10. The molecule has 0 amide bonds. The van der Waals surface area contributed by atoms with Gasteiger partial charge in [-0.05, 0) is 24.7 Å². The molecule has 7 heavy (non-hydrogen) atoms. The maximum absolute atomic E-state index is 6.98. The fraction of sp³-hybridized carbons (Fsp3) is 1.00. The third kappa shape index (κ3) is 1.16. The zero-order valence-electron chi connectivity index (χ0n) is 4.78. The third-order valence-electron chi connectivity index (χ3n) is 1.75. The molecule has 1 nitrogen and oxygen atoms in total. The fourth-order valence-corrected chi connectivity index (χ4v) is 0.832. The van der Waals surface area contributed by atoms with Crippen LogP contribution in [0, 0.1) is 11.8 Å². The van der Waals surface area contributed by atoms with Crippen LogP contribution < -0.4 is 5.73 Å². The first-order valence-electron chi connectivity index (χ1n) is 2.99. The fourth-order valence-electron chi connectivity index (χ4n) is 0.832. The van der Waals surface area contributed by atoms with Crippen LogP contribution in [0.4, 0.5) is 0 Å². The Balaban J connectivity index is 2.10. The molecule has 1 unspecified atom stereocenters. The van der Waals surface area contributed by atoms with Crippen molar-refractivity contribution in [2.24, 2.45) is 11.8 Å². The van der Waals surface area contributed by atoms with E-state index in [1.165, 1.54) is 12.8 Å². The van der Waals surface area contributed by atoms with Crippen LogP contribution in [-0.4, -0.2) is 6.54 Å². The Labute approximate surface area is 44.9 Å². The summed E-state index contributed by atoms with van der Waals surface area (Å²) >= 11 is 0. The van der Waals surface area contributed by atoms with E-state index >= 15 is 0 Å². The number of rotatable bonds is 2. The maximum atomic E-state index is 6.98. The van der Waals surface area contributed by atoms with Crippen LogP contribution in [0.1, 0.15) is 19.8 Å². The topological polar surface area (TPSA) is 23.8 Å². The van der Waals surface area contributed by atoms with Gasteiger partial charge in [0.1, 0.15) is 0 Å². The molecule has 1 atom stereocenters. The van der Waals surface area contributed by atoms with E-state index in [-0.39, 0.29) is 0 Å². The van der Waals surface area contributed by atoms with Gasteiger partial charge in [-0.25, -0.2) is 0 Å². The molecule has 0 aromatic heterocycles. The molecule has 0 spiro atoms. The van der Waals surface area contributed by atoms with Gasteiger partial charge in [0.25, 0.3) is 0 Å². The molecule has 1 fully saturated rings. The lowest BCUT2D eigenvalue weighted by Gasteiger charge is -2.01. The van der Waals surface area contributed by atoms with Crippen molar-refractivity contribution in [2.75, 3.05) is 6.54 Å². The summed E-state index contributed by atoms with van der Waals surface area (Å²) in [5.41, 5.74) is 6.98. The van der Waals surface area contributed by atoms with E-state index in [9.17, 15) is 0 Å². The predicted molar refractivity (Wildman–Crippen MR) is 29.9 cm³/mol. The molecule has 1 heteroatoms. The zero-order valence-corrected chi connectivity index (χ0v) is 4.78. The second kappa shape index (κ2) is 1.83. The highest BCUT2D eigenvalue weighted by Crippen LogP contribution is 2.35. The Morgan fingerprint density at radius 3 is 2.43 bits per heavy atom. The molecule has 1 radical (unpaired) electrons. The van der Waals surface area contributed by atoms with Gasteiger partial charge < -0.3 is 0 Å². The van der Waals surface area contributed by atoms with Crippen molar-refractivity contribution in [1.82, 2.24) is 5.73 Å². The molecule has 0 aromatic rings. The highest BCUT2D eigenvalue weighted by atomic mass is 14.6. The minimum absolute atomic E-state index is 0.630. The Morgan fingerprint density at radius 2 is 2.29 bits per heavy atom. The average Bonchev–Trinajstić information content (AvgIpc) is 2.44. The van der Waals surface area contributed by atoms with Crippen LogP contribution in [-0.2, 0) is 0 Å². The second-order valence-corrected chi connectivity index (χ2v) is 2.52. The average molecular weight is 98.2 g/mol. The summed E-state index contributed by atoms with van der Waals surface area (Å²) in [6.07, 6.45) is 2.78. The molecule has 0 saturated heterocycles. The van der Waals surface area contributed by atoms with Gasteiger partial charge >= 0.3 is 0 Å². The monoisotopic (exact) mass is 98.1 g/mol. The highest BCUT2D eigenvalue weighted by molar-refractivity contribution is 4.78. The molecule has 41 valence electrons. The number of nitrogens with one attached hydrogen (secondary N) is 1. The first-order chi connectivity index (χ1) is 3.34. The van der Waals surface area contributed by atoms with E-state index < -0.39 is 0 Å². The number of hydrogen-bond acceptors (Lipinski definition) is 0. The van der Waals surface area contributed by atoms with Crippen LogP contribution >= 0.6 is 0 Å². The highest BCUT2D eigenvalue weighted by Gasteiger charge is 2.26. The first-order valence-corrected chi connectivity index (χ1v) is 2.99. The van der Waals surface area contributed by atoms with Crippen molar-refractivity contribution < 1.29 is 0 Å². The molecule has 0 heterocycles. The van der Waals surface area contributed by atoms with E-state index in [1.807, 2.05) is 0 Å². The lowest BCUT2D eigenvalue weighted by Crippen LogP contribution is -2.03. The van der Waals surface area contributed by atoms with E-state index in [2.05, 4.69) is 6.92 Å². The van der Waals surface area contributed by atoms with Gasteiger partial charge in [0, 0.05) is 6.54 Å².